The molecule has 1 aliphatic heterocycles. The van der Waals surface area contributed by atoms with Crippen molar-refractivity contribution in [1.82, 2.24) is 4.90 Å². The molecule has 5 nitrogen and oxygen atoms in total. The number of ether oxygens (including phenoxy) is 1. The molecule has 0 spiro atoms. The van der Waals surface area contributed by atoms with Crippen LogP contribution in [0.4, 0.5) is 0 Å². The van der Waals surface area contributed by atoms with Crippen LogP contribution in [0.1, 0.15) is 37.7 Å². The van der Waals surface area contributed by atoms with E-state index in [2.05, 4.69) is 0 Å². The lowest BCUT2D eigenvalue weighted by Crippen LogP contribution is -2.42. The summed E-state index contributed by atoms with van der Waals surface area (Å²) in [5.41, 5.74) is 1.08. The Kier molecular flexibility index (Phi) is 5.41. The zero-order valence-electron chi connectivity index (χ0n) is 13.1. The number of amides is 1. The summed E-state index contributed by atoms with van der Waals surface area (Å²) in [5.74, 6) is -0.296. The zero-order chi connectivity index (χ0) is 16.1. The van der Waals surface area contributed by atoms with E-state index in [1.165, 1.54) is 0 Å². The molecule has 22 heavy (non-hydrogen) atoms. The Balaban J connectivity index is 1.93. The second kappa shape index (κ2) is 7.29. The van der Waals surface area contributed by atoms with Gasteiger partial charge < -0.3 is 14.7 Å². The summed E-state index contributed by atoms with van der Waals surface area (Å²) in [6.07, 6.45) is 1.82. The Morgan fingerprint density at radius 3 is 2.64 bits per heavy atom. The van der Waals surface area contributed by atoms with Crippen LogP contribution >= 0.6 is 0 Å². The maximum atomic E-state index is 12.4. The van der Waals surface area contributed by atoms with E-state index >= 15 is 0 Å². The van der Waals surface area contributed by atoms with Crippen molar-refractivity contribution in [2.75, 3.05) is 20.2 Å². The predicted octanol–water partition coefficient (Wildman–Crippen LogP) is 2.51. The Morgan fingerprint density at radius 1 is 1.36 bits per heavy atom. The first kappa shape index (κ1) is 16.3. The molecule has 0 bridgehead atoms. The number of carboxylic acid groups (broad SMARTS) is 1. The minimum absolute atomic E-state index is 0.0364. The fraction of sp³-hybridized carbons (Fsp3) is 0.529. The second-order valence-corrected chi connectivity index (χ2v) is 5.90. The molecule has 0 aromatic heterocycles. The number of likely N-dealkylation sites (tertiary alicyclic amines) is 1. The van der Waals surface area contributed by atoms with Crippen LogP contribution in [0.3, 0.4) is 0 Å². The van der Waals surface area contributed by atoms with Gasteiger partial charge in [-0.15, -0.1) is 0 Å². The van der Waals surface area contributed by atoms with E-state index in [1.807, 2.05) is 31.2 Å². The van der Waals surface area contributed by atoms with Crippen molar-refractivity contribution in [3.05, 3.63) is 29.8 Å². The fourth-order valence-corrected chi connectivity index (χ4v) is 2.85. The number of carbonyl (C=O) groups excluding carboxylic acids is 1. The van der Waals surface area contributed by atoms with Gasteiger partial charge in [-0.05, 0) is 36.5 Å². The topological polar surface area (TPSA) is 66.8 Å². The first-order valence-electron chi connectivity index (χ1n) is 7.65. The molecule has 0 saturated carbocycles. The minimum atomic E-state index is -0.805. The number of rotatable bonds is 5. The van der Waals surface area contributed by atoms with Gasteiger partial charge in [0, 0.05) is 19.5 Å². The maximum absolute atomic E-state index is 12.4. The summed E-state index contributed by atoms with van der Waals surface area (Å²) in [5, 5.41) is 9.10. The van der Waals surface area contributed by atoms with Crippen LogP contribution < -0.4 is 4.74 Å². The van der Waals surface area contributed by atoms with Crippen molar-refractivity contribution < 1.29 is 19.4 Å². The lowest BCUT2D eigenvalue weighted by Gasteiger charge is -2.31. The van der Waals surface area contributed by atoms with Crippen LogP contribution in [0.2, 0.25) is 0 Å². The van der Waals surface area contributed by atoms with Gasteiger partial charge in [-0.3, -0.25) is 9.59 Å². The number of hydrogen-bond donors (Lipinski definition) is 1. The monoisotopic (exact) mass is 305 g/mol. The van der Waals surface area contributed by atoms with Crippen molar-refractivity contribution in [3.8, 4) is 5.75 Å². The molecule has 1 amide bonds. The van der Waals surface area contributed by atoms with Crippen LogP contribution in [-0.2, 0) is 9.59 Å². The highest BCUT2D eigenvalue weighted by Gasteiger charge is 2.28. The van der Waals surface area contributed by atoms with Crippen LogP contribution in [0.25, 0.3) is 0 Å². The number of carbonyl (C=O) groups is 2. The molecule has 0 unspecified atom stereocenters. The molecule has 5 heteroatoms. The van der Waals surface area contributed by atoms with Gasteiger partial charge in [0.25, 0.3) is 0 Å². The number of benzene rings is 1. The third-order valence-electron chi connectivity index (χ3n) is 4.29. The zero-order valence-corrected chi connectivity index (χ0v) is 13.1. The van der Waals surface area contributed by atoms with E-state index in [9.17, 15) is 9.59 Å². The highest BCUT2D eigenvalue weighted by molar-refractivity contribution is 5.78. The Hall–Kier alpha value is -2.04. The van der Waals surface area contributed by atoms with E-state index in [4.69, 9.17) is 9.84 Å². The first-order valence-corrected chi connectivity index (χ1v) is 7.65. The number of carboxylic acids is 1. The number of nitrogens with zero attached hydrogens (tertiary/aromatic N) is 1. The van der Waals surface area contributed by atoms with E-state index in [0.29, 0.717) is 25.9 Å². The fourth-order valence-electron chi connectivity index (χ4n) is 2.85. The average molecular weight is 305 g/mol. The Bertz CT molecular complexity index is 526. The van der Waals surface area contributed by atoms with Gasteiger partial charge in [-0.25, -0.2) is 0 Å². The highest BCUT2D eigenvalue weighted by Crippen LogP contribution is 2.24. The van der Waals surface area contributed by atoms with Gasteiger partial charge >= 0.3 is 5.97 Å². The molecule has 1 fully saturated rings. The normalized spacial score (nSPS) is 19.5. The third-order valence-corrected chi connectivity index (χ3v) is 4.29. The summed E-state index contributed by atoms with van der Waals surface area (Å²) in [7, 11) is 1.62. The van der Waals surface area contributed by atoms with Crippen LogP contribution in [0.5, 0.6) is 5.75 Å². The van der Waals surface area contributed by atoms with Crippen molar-refractivity contribution in [1.29, 1.82) is 0 Å². The average Bonchev–Trinajstić information content (AvgIpc) is 2.54. The van der Waals surface area contributed by atoms with Crippen molar-refractivity contribution in [2.24, 2.45) is 5.92 Å². The quantitative estimate of drug-likeness (QED) is 0.907. The number of piperidine rings is 1. The second-order valence-electron chi connectivity index (χ2n) is 5.90. The minimum Gasteiger partial charge on any atom is -0.497 e. The van der Waals surface area contributed by atoms with Crippen LogP contribution in [0, 0.1) is 5.92 Å². The maximum Gasteiger partial charge on any atom is 0.308 e. The molecule has 1 aliphatic rings. The summed E-state index contributed by atoms with van der Waals surface area (Å²) >= 11 is 0. The van der Waals surface area contributed by atoms with Gasteiger partial charge in [-0.2, -0.15) is 0 Å². The van der Waals surface area contributed by atoms with Crippen molar-refractivity contribution >= 4 is 11.9 Å². The Labute approximate surface area is 130 Å². The van der Waals surface area contributed by atoms with E-state index < -0.39 is 11.9 Å². The molecule has 1 N–H and O–H groups in total. The Morgan fingerprint density at radius 2 is 2.05 bits per heavy atom. The first-order chi connectivity index (χ1) is 10.5. The van der Waals surface area contributed by atoms with Gasteiger partial charge in [0.1, 0.15) is 5.75 Å². The SMILES string of the molecule is COc1ccc([C@H](C)CC(=O)N2CCC[C@@H](C(=O)O)C2)cc1. The molecule has 1 saturated heterocycles. The standard InChI is InChI=1S/C17H23NO4/c1-12(13-5-7-15(22-2)8-6-13)10-16(19)18-9-3-4-14(11-18)17(20)21/h5-8,12,14H,3-4,9-11H2,1-2H3,(H,20,21)/t12-,14-/m1/s1. The van der Waals surface area contributed by atoms with Gasteiger partial charge in [-0.1, -0.05) is 19.1 Å². The molecule has 120 valence electrons. The molecule has 1 heterocycles. The van der Waals surface area contributed by atoms with Gasteiger partial charge in [0.2, 0.25) is 5.91 Å². The van der Waals surface area contributed by atoms with Gasteiger partial charge in [0.15, 0.2) is 0 Å². The number of methoxy groups -OCH3 is 1. The highest BCUT2D eigenvalue weighted by atomic mass is 16.5. The van der Waals surface area contributed by atoms with Gasteiger partial charge in [0.05, 0.1) is 13.0 Å². The van der Waals surface area contributed by atoms with E-state index in [-0.39, 0.29) is 11.8 Å². The summed E-state index contributed by atoms with van der Waals surface area (Å²) in [6.45, 7) is 3.01. The lowest BCUT2D eigenvalue weighted by atomic mass is 9.94. The number of aliphatic carboxylic acids is 1. The molecule has 2 rings (SSSR count). The summed E-state index contributed by atoms with van der Waals surface area (Å²) in [4.78, 5) is 25.2. The van der Waals surface area contributed by atoms with Crippen molar-refractivity contribution in [3.63, 3.8) is 0 Å². The smallest absolute Gasteiger partial charge is 0.308 e. The third kappa shape index (κ3) is 4.00. The molecule has 1 aromatic carbocycles. The molecule has 0 radical (unpaired) electrons. The van der Waals surface area contributed by atoms with E-state index in [0.717, 1.165) is 17.7 Å². The molecular formula is C17H23NO4. The molecule has 1 aromatic rings. The van der Waals surface area contributed by atoms with Crippen LogP contribution in [0.15, 0.2) is 24.3 Å². The summed E-state index contributed by atoms with van der Waals surface area (Å²) < 4.78 is 5.13. The van der Waals surface area contributed by atoms with Crippen LogP contribution in [-0.4, -0.2) is 42.1 Å². The lowest BCUT2D eigenvalue weighted by molar-refractivity contribution is -0.145. The largest absolute Gasteiger partial charge is 0.497 e. The van der Waals surface area contributed by atoms with Crippen molar-refractivity contribution in [2.45, 2.75) is 32.1 Å². The molecule has 2 atom stereocenters. The van der Waals surface area contributed by atoms with E-state index in [1.54, 1.807) is 12.0 Å². The molecular weight excluding hydrogens is 282 g/mol. The summed E-state index contributed by atoms with van der Waals surface area (Å²) in [6, 6.07) is 7.70. The number of hydrogen-bond acceptors (Lipinski definition) is 3. The predicted molar refractivity (Wildman–Crippen MR) is 83.0 cm³/mol. The molecule has 0 aliphatic carbocycles.